The highest BCUT2D eigenvalue weighted by atomic mass is 79.9. The van der Waals surface area contributed by atoms with Crippen molar-refractivity contribution in [1.29, 1.82) is 0 Å². The molecule has 0 aliphatic heterocycles. The van der Waals surface area contributed by atoms with E-state index in [4.69, 9.17) is 0 Å². The molecule has 0 aliphatic rings. The van der Waals surface area contributed by atoms with Crippen molar-refractivity contribution < 1.29 is 4.79 Å². The predicted octanol–water partition coefficient (Wildman–Crippen LogP) is 6.05. The molecule has 1 amide bonds. The third kappa shape index (κ3) is 4.92. The Morgan fingerprint density at radius 1 is 0.931 bits per heavy atom. The summed E-state index contributed by atoms with van der Waals surface area (Å²) in [5, 5.41) is 4.25. The molecule has 0 unspecified atom stereocenters. The van der Waals surface area contributed by atoms with E-state index in [1.807, 2.05) is 36.4 Å². The lowest BCUT2D eigenvalue weighted by atomic mass is 10.1. The summed E-state index contributed by atoms with van der Waals surface area (Å²) >= 11 is 5.28. The van der Waals surface area contributed by atoms with Crippen LogP contribution in [-0.4, -0.2) is 23.2 Å². The topological polar surface area (TPSA) is 44.9 Å². The van der Waals surface area contributed by atoms with Crippen LogP contribution in [0.25, 0.3) is 22.2 Å². The van der Waals surface area contributed by atoms with E-state index in [0.29, 0.717) is 13.0 Å². The van der Waals surface area contributed by atoms with Gasteiger partial charge in [0.05, 0.1) is 12.1 Å². The summed E-state index contributed by atoms with van der Waals surface area (Å²) in [5.41, 5.74) is 4.44. The fourth-order valence-corrected chi connectivity index (χ4v) is 4.59. The van der Waals surface area contributed by atoms with Crippen LogP contribution >= 0.6 is 27.7 Å². The third-order valence-electron chi connectivity index (χ3n) is 4.67. The summed E-state index contributed by atoms with van der Waals surface area (Å²) in [4.78, 5) is 17.0. The van der Waals surface area contributed by atoms with E-state index in [0.717, 1.165) is 32.6 Å². The van der Waals surface area contributed by atoms with Gasteiger partial charge in [-0.3, -0.25) is 4.79 Å². The molecule has 1 heterocycles. The van der Waals surface area contributed by atoms with Gasteiger partial charge in [0, 0.05) is 32.6 Å². The molecule has 29 heavy (non-hydrogen) atoms. The van der Waals surface area contributed by atoms with Crippen LogP contribution in [0.15, 0.2) is 88.2 Å². The number of aromatic nitrogens is 1. The van der Waals surface area contributed by atoms with Crippen molar-refractivity contribution in [2.45, 2.75) is 11.3 Å². The first kappa shape index (κ1) is 19.8. The largest absolute Gasteiger partial charge is 0.355 e. The van der Waals surface area contributed by atoms with Crippen LogP contribution in [0.4, 0.5) is 0 Å². The molecule has 0 spiro atoms. The van der Waals surface area contributed by atoms with Crippen LogP contribution in [-0.2, 0) is 11.2 Å². The fourth-order valence-electron chi connectivity index (χ4n) is 3.27. The van der Waals surface area contributed by atoms with E-state index in [1.165, 1.54) is 10.3 Å². The Morgan fingerprint density at radius 3 is 2.45 bits per heavy atom. The molecule has 4 rings (SSSR count). The Hall–Kier alpha value is -2.50. The lowest BCUT2D eigenvalue weighted by molar-refractivity contribution is -0.120. The number of fused-ring (bicyclic) bond motifs is 1. The zero-order valence-electron chi connectivity index (χ0n) is 15.8. The summed E-state index contributed by atoms with van der Waals surface area (Å²) in [6, 6.07) is 26.5. The van der Waals surface area contributed by atoms with Crippen molar-refractivity contribution in [2.24, 2.45) is 0 Å². The van der Waals surface area contributed by atoms with E-state index >= 15 is 0 Å². The van der Waals surface area contributed by atoms with Gasteiger partial charge in [-0.05, 0) is 29.3 Å². The van der Waals surface area contributed by atoms with Crippen molar-refractivity contribution in [3.63, 3.8) is 0 Å². The van der Waals surface area contributed by atoms with Crippen LogP contribution in [0.2, 0.25) is 0 Å². The summed E-state index contributed by atoms with van der Waals surface area (Å²) in [5.74, 6) is 0.871. The number of hydrogen-bond donors (Lipinski definition) is 2. The van der Waals surface area contributed by atoms with Gasteiger partial charge in [-0.2, -0.15) is 0 Å². The van der Waals surface area contributed by atoms with Gasteiger partial charge in [-0.1, -0.05) is 76.6 Å². The zero-order chi connectivity index (χ0) is 20.1. The summed E-state index contributed by atoms with van der Waals surface area (Å²) in [6.07, 6.45) is 0.419. The van der Waals surface area contributed by atoms with Crippen molar-refractivity contribution in [2.75, 3.05) is 12.3 Å². The van der Waals surface area contributed by atoms with Crippen LogP contribution in [0, 0.1) is 0 Å². The first-order valence-electron chi connectivity index (χ1n) is 9.51. The standard InChI is InChI=1S/C24H21BrN2OS/c25-19-12-10-18(11-13-19)23-24(20-8-4-5-9-21(20)27-23)29-15-14-26-22(28)16-17-6-2-1-3-7-17/h1-13,27H,14-16H2,(H,26,28). The fraction of sp³-hybridized carbons (Fsp3) is 0.125. The first-order valence-corrected chi connectivity index (χ1v) is 11.3. The highest BCUT2D eigenvalue weighted by Gasteiger charge is 2.13. The number of H-pyrrole nitrogens is 1. The monoisotopic (exact) mass is 464 g/mol. The van der Waals surface area contributed by atoms with Crippen LogP contribution in [0.3, 0.4) is 0 Å². The molecule has 0 saturated carbocycles. The second kappa shape index (κ2) is 9.33. The first-order chi connectivity index (χ1) is 14.2. The molecule has 0 atom stereocenters. The highest BCUT2D eigenvalue weighted by molar-refractivity contribution is 9.10. The molecule has 0 radical (unpaired) electrons. The molecule has 0 bridgehead atoms. The number of aromatic amines is 1. The Morgan fingerprint density at radius 2 is 1.66 bits per heavy atom. The number of rotatable bonds is 7. The molecule has 146 valence electrons. The number of para-hydroxylation sites is 1. The zero-order valence-corrected chi connectivity index (χ0v) is 18.2. The van der Waals surface area contributed by atoms with E-state index in [1.54, 1.807) is 11.8 Å². The molecule has 3 aromatic carbocycles. The number of carbonyl (C=O) groups is 1. The average molecular weight is 465 g/mol. The van der Waals surface area contributed by atoms with Gasteiger partial charge < -0.3 is 10.3 Å². The molecule has 2 N–H and O–H groups in total. The average Bonchev–Trinajstić information content (AvgIpc) is 3.11. The smallest absolute Gasteiger partial charge is 0.224 e. The van der Waals surface area contributed by atoms with Gasteiger partial charge in [0.1, 0.15) is 0 Å². The number of benzene rings is 3. The molecular weight excluding hydrogens is 444 g/mol. The number of halogens is 1. The molecule has 0 saturated heterocycles. The number of carbonyl (C=O) groups excluding carboxylic acids is 1. The third-order valence-corrected chi connectivity index (χ3v) is 6.32. The Bertz CT molecular complexity index is 1110. The SMILES string of the molecule is O=C(Cc1ccccc1)NCCSc1c(-c2ccc(Br)cc2)[nH]c2ccccc12. The number of nitrogens with one attached hydrogen (secondary N) is 2. The normalized spacial score (nSPS) is 10.9. The number of thioether (sulfide) groups is 1. The molecule has 1 aromatic heterocycles. The Kier molecular flexibility index (Phi) is 6.37. The van der Waals surface area contributed by atoms with E-state index < -0.39 is 0 Å². The van der Waals surface area contributed by atoms with Gasteiger partial charge in [0.15, 0.2) is 0 Å². The molecule has 5 heteroatoms. The van der Waals surface area contributed by atoms with E-state index in [-0.39, 0.29) is 5.91 Å². The maximum atomic E-state index is 12.2. The maximum absolute atomic E-state index is 12.2. The molecule has 0 aliphatic carbocycles. The minimum Gasteiger partial charge on any atom is -0.355 e. The summed E-state index contributed by atoms with van der Waals surface area (Å²) < 4.78 is 1.06. The molecule has 0 fully saturated rings. The second-order valence-electron chi connectivity index (χ2n) is 6.74. The highest BCUT2D eigenvalue weighted by Crippen LogP contribution is 2.37. The quantitative estimate of drug-likeness (QED) is 0.258. The second-order valence-corrected chi connectivity index (χ2v) is 8.76. The maximum Gasteiger partial charge on any atom is 0.224 e. The predicted molar refractivity (Wildman–Crippen MR) is 125 cm³/mol. The van der Waals surface area contributed by atoms with Crippen LogP contribution in [0.1, 0.15) is 5.56 Å². The molecular formula is C24H21BrN2OS. The van der Waals surface area contributed by atoms with Crippen LogP contribution < -0.4 is 5.32 Å². The van der Waals surface area contributed by atoms with Gasteiger partial charge in [-0.25, -0.2) is 0 Å². The van der Waals surface area contributed by atoms with Crippen molar-refractivity contribution in [3.05, 3.63) is 88.9 Å². The summed E-state index contributed by atoms with van der Waals surface area (Å²) in [7, 11) is 0. The Balaban J connectivity index is 1.44. The lowest BCUT2D eigenvalue weighted by Crippen LogP contribution is -2.27. The number of amides is 1. The van der Waals surface area contributed by atoms with Gasteiger partial charge in [-0.15, -0.1) is 11.8 Å². The minimum atomic E-state index is 0.0591. The van der Waals surface area contributed by atoms with Gasteiger partial charge in [0.2, 0.25) is 5.91 Å². The lowest BCUT2D eigenvalue weighted by Gasteiger charge is -2.07. The number of hydrogen-bond acceptors (Lipinski definition) is 2. The van der Waals surface area contributed by atoms with E-state index in [2.05, 4.69) is 68.7 Å². The Labute approximate surface area is 183 Å². The molecule has 4 aromatic rings. The molecule has 3 nitrogen and oxygen atoms in total. The van der Waals surface area contributed by atoms with E-state index in [9.17, 15) is 4.79 Å². The van der Waals surface area contributed by atoms with Gasteiger partial charge in [0.25, 0.3) is 0 Å². The van der Waals surface area contributed by atoms with Crippen molar-refractivity contribution in [1.82, 2.24) is 10.3 Å². The minimum absolute atomic E-state index is 0.0591. The van der Waals surface area contributed by atoms with Crippen LogP contribution in [0.5, 0.6) is 0 Å². The van der Waals surface area contributed by atoms with Crippen molar-refractivity contribution >= 4 is 44.5 Å². The van der Waals surface area contributed by atoms with Gasteiger partial charge >= 0.3 is 0 Å². The summed E-state index contributed by atoms with van der Waals surface area (Å²) in [6.45, 7) is 0.635. The van der Waals surface area contributed by atoms with Crippen molar-refractivity contribution in [3.8, 4) is 11.3 Å².